The van der Waals surface area contributed by atoms with E-state index in [-0.39, 0.29) is 28.8 Å². The summed E-state index contributed by atoms with van der Waals surface area (Å²) in [7, 11) is 0. The lowest BCUT2D eigenvalue weighted by atomic mass is 9.55. The maximum Gasteiger partial charge on any atom is 0.139 e. The Labute approximate surface area is 150 Å². The molecule has 2 aromatic carbocycles. The molecule has 1 saturated heterocycles. The van der Waals surface area contributed by atoms with Crippen LogP contribution in [0.25, 0.3) is 0 Å². The van der Waals surface area contributed by atoms with Crippen molar-refractivity contribution in [2.45, 2.75) is 45.7 Å². The van der Waals surface area contributed by atoms with E-state index in [0.717, 1.165) is 6.42 Å². The predicted molar refractivity (Wildman–Crippen MR) is 101 cm³/mol. The van der Waals surface area contributed by atoms with E-state index in [1.807, 2.05) is 6.07 Å². The summed E-state index contributed by atoms with van der Waals surface area (Å²) in [5.74, 6) is 0.451. The molecule has 2 nitrogen and oxygen atoms in total. The Morgan fingerprint density at radius 1 is 0.880 bits per heavy atom. The van der Waals surface area contributed by atoms with Crippen LogP contribution in [0, 0.1) is 16.7 Å². The van der Waals surface area contributed by atoms with Crippen molar-refractivity contribution in [1.82, 2.24) is 5.32 Å². The third kappa shape index (κ3) is 2.73. The molecule has 130 valence electrons. The van der Waals surface area contributed by atoms with Crippen LogP contribution in [-0.2, 0) is 4.79 Å². The van der Waals surface area contributed by atoms with E-state index in [9.17, 15) is 4.79 Å². The molecule has 1 aliphatic heterocycles. The van der Waals surface area contributed by atoms with E-state index in [1.54, 1.807) is 0 Å². The van der Waals surface area contributed by atoms with Crippen LogP contribution in [0.5, 0.6) is 0 Å². The number of rotatable bonds is 2. The zero-order chi connectivity index (χ0) is 17.7. The summed E-state index contributed by atoms with van der Waals surface area (Å²) in [5, 5.41) is 3.85. The zero-order valence-electron chi connectivity index (χ0n) is 15.3. The van der Waals surface area contributed by atoms with Gasteiger partial charge in [0.05, 0.1) is 0 Å². The summed E-state index contributed by atoms with van der Waals surface area (Å²) < 4.78 is 0. The van der Waals surface area contributed by atoms with Gasteiger partial charge >= 0.3 is 0 Å². The van der Waals surface area contributed by atoms with Crippen molar-refractivity contribution in [3.05, 3.63) is 71.8 Å². The fourth-order valence-corrected chi connectivity index (χ4v) is 5.54. The van der Waals surface area contributed by atoms with Crippen molar-refractivity contribution in [2.75, 3.05) is 0 Å². The molecule has 0 aromatic heterocycles. The summed E-state index contributed by atoms with van der Waals surface area (Å²) in [4.78, 5) is 13.2. The zero-order valence-corrected chi connectivity index (χ0v) is 15.3. The highest BCUT2D eigenvalue weighted by Crippen LogP contribution is 2.61. The highest BCUT2D eigenvalue weighted by Gasteiger charge is 2.59. The van der Waals surface area contributed by atoms with Crippen molar-refractivity contribution in [2.24, 2.45) is 16.7 Å². The fraction of sp³-hybridized carbons (Fsp3) is 0.435. The lowest BCUT2D eigenvalue weighted by Crippen LogP contribution is -2.44. The smallest absolute Gasteiger partial charge is 0.139 e. The molecule has 2 heteroatoms. The van der Waals surface area contributed by atoms with Gasteiger partial charge in [0.25, 0.3) is 0 Å². The maximum absolute atomic E-state index is 13.2. The molecule has 1 heterocycles. The van der Waals surface area contributed by atoms with Gasteiger partial charge in [0.2, 0.25) is 0 Å². The van der Waals surface area contributed by atoms with Crippen molar-refractivity contribution < 1.29 is 4.79 Å². The van der Waals surface area contributed by atoms with Crippen molar-refractivity contribution in [3.8, 4) is 0 Å². The Balaban J connectivity index is 1.82. The predicted octanol–water partition coefficient (Wildman–Crippen LogP) is 5.08. The average molecular weight is 333 g/mol. The Morgan fingerprint density at radius 2 is 1.44 bits per heavy atom. The quantitative estimate of drug-likeness (QED) is 0.830. The lowest BCUT2D eigenvalue weighted by Gasteiger charge is -2.47. The van der Waals surface area contributed by atoms with E-state index in [1.165, 1.54) is 11.1 Å². The van der Waals surface area contributed by atoms with Gasteiger partial charge in [0.15, 0.2) is 0 Å². The van der Waals surface area contributed by atoms with Gasteiger partial charge in [0.1, 0.15) is 5.78 Å². The Bertz CT molecular complexity index is 767. The third-order valence-electron chi connectivity index (χ3n) is 6.20. The monoisotopic (exact) mass is 333 g/mol. The summed E-state index contributed by atoms with van der Waals surface area (Å²) in [5.41, 5.74) is 2.51. The molecular weight excluding hydrogens is 306 g/mol. The number of nitrogens with one attached hydrogen (secondary N) is 1. The minimum Gasteiger partial charge on any atom is -0.302 e. The largest absolute Gasteiger partial charge is 0.302 e. The number of hydrogen-bond acceptors (Lipinski definition) is 2. The molecule has 4 atom stereocenters. The Morgan fingerprint density at radius 3 is 2.04 bits per heavy atom. The van der Waals surface area contributed by atoms with Gasteiger partial charge < -0.3 is 5.32 Å². The van der Waals surface area contributed by atoms with Crippen molar-refractivity contribution in [3.63, 3.8) is 0 Å². The molecule has 0 spiro atoms. The van der Waals surface area contributed by atoms with E-state index < -0.39 is 0 Å². The molecule has 25 heavy (non-hydrogen) atoms. The minimum atomic E-state index is -0.0688. The molecular formula is C23H27NO. The number of Topliss-reactive ketones (excluding diaryl/α,β-unsaturated/α-hetero) is 1. The second kappa shape index (κ2) is 5.81. The molecule has 2 aromatic rings. The second-order valence-corrected chi connectivity index (χ2v) is 8.87. The number of ketones is 1. The second-order valence-electron chi connectivity index (χ2n) is 8.87. The van der Waals surface area contributed by atoms with Crippen LogP contribution in [0.2, 0.25) is 0 Å². The minimum absolute atomic E-state index is 0.0353. The molecule has 0 amide bonds. The molecule has 2 fully saturated rings. The first-order valence-corrected chi connectivity index (χ1v) is 9.29. The van der Waals surface area contributed by atoms with Crippen LogP contribution in [0.1, 0.15) is 56.8 Å². The van der Waals surface area contributed by atoms with Gasteiger partial charge in [0, 0.05) is 24.4 Å². The molecule has 1 saturated carbocycles. The Kier molecular flexibility index (Phi) is 3.84. The van der Waals surface area contributed by atoms with Crippen LogP contribution in [-0.4, -0.2) is 5.78 Å². The summed E-state index contributed by atoms with van der Waals surface area (Å²) in [6.45, 7) is 6.80. The normalized spacial score (nSPS) is 33.9. The molecule has 4 rings (SSSR count). The molecule has 0 bridgehead atoms. The number of carbonyl (C=O) groups excluding carboxylic acids is 1. The topological polar surface area (TPSA) is 29.1 Å². The van der Waals surface area contributed by atoms with E-state index in [2.05, 4.69) is 80.7 Å². The number of carbonyl (C=O) groups is 1. The Hall–Kier alpha value is -1.93. The van der Waals surface area contributed by atoms with E-state index >= 15 is 0 Å². The first-order valence-electron chi connectivity index (χ1n) is 9.29. The van der Waals surface area contributed by atoms with Gasteiger partial charge in [-0.05, 0) is 28.4 Å². The summed E-state index contributed by atoms with van der Waals surface area (Å²) in [6.07, 6.45) is 1.74. The van der Waals surface area contributed by atoms with Crippen LogP contribution in [0.15, 0.2) is 60.7 Å². The standard InChI is InChI=1S/C23H27NO/c1-22(2)14-18(25)19-20(16-10-6-4-7-11-16)24-21(23(19,3)15-22)17-12-8-5-9-13-17/h4-13,19-21,24H,14-15H2,1-3H3/t19-,20+,21+,23+/m0/s1. The van der Waals surface area contributed by atoms with Crippen molar-refractivity contribution >= 4 is 5.78 Å². The first kappa shape index (κ1) is 16.5. The number of hydrogen-bond donors (Lipinski definition) is 1. The average Bonchev–Trinajstić information content (AvgIpc) is 2.88. The highest BCUT2D eigenvalue weighted by molar-refractivity contribution is 5.85. The van der Waals surface area contributed by atoms with Gasteiger partial charge in [-0.15, -0.1) is 0 Å². The van der Waals surface area contributed by atoms with Crippen molar-refractivity contribution in [1.29, 1.82) is 0 Å². The first-order chi connectivity index (χ1) is 11.9. The lowest BCUT2D eigenvalue weighted by molar-refractivity contribution is -0.134. The van der Waals surface area contributed by atoms with Gasteiger partial charge in [-0.1, -0.05) is 81.4 Å². The van der Waals surface area contributed by atoms with Gasteiger partial charge in [-0.2, -0.15) is 0 Å². The molecule has 2 aliphatic rings. The maximum atomic E-state index is 13.2. The van der Waals surface area contributed by atoms with Crippen LogP contribution in [0.3, 0.4) is 0 Å². The van der Waals surface area contributed by atoms with E-state index in [4.69, 9.17) is 0 Å². The van der Waals surface area contributed by atoms with Crippen LogP contribution in [0.4, 0.5) is 0 Å². The molecule has 1 N–H and O–H groups in total. The molecule has 0 unspecified atom stereocenters. The molecule has 0 radical (unpaired) electrons. The van der Waals surface area contributed by atoms with E-state index in [0.29, 0.717) is 12.2 Å². The summed E-state index contributed by atoms with van der Waals surface area (Å²) >= 11 is 0. The highest BCUT2D eigenvalue weighted by atomic mass is 16.1. The fourth-order valence-electron chi connectivity index (χ4n) is 5.54. The van der Waals surface area contributed by atoms with Crippen LogP contribution >= 0.6 is 0 Å². The SMILES string of the molecule is CC1(C)CC(=O)[C@H]2[C@@H](c3ccccc3)N[C@H](c3ccccc3)[C@]2(C)C1. The number of benzene rings is 2. The summed E-state index contributed by atoms with van der Waals surface area (Å²) in [6, 6.07) is 21.4. The van der Waals surface area contributed by atoms with Gasteiger partial charge in [-0.3, -0.25) is 4.79 Å². The van der Waals surface area contributed by atoms with Gasteiger partial charge in [-0.25, -0.2) is 0 Å². The van der Waals surface area contributed by atoms with Crippen LogP contribution < -0.4 is 5.32 Å². The number of fused-ring (bicyclic) bond motifs is 1. The third-order valence-corrected chi connectivity index (χ3v) is 6.20. The molecule has 1 aliphatic carbocycles.